The van der Waals surface area contributed by atoms with E-state index in [0.29, 0.717) is 5.92 Å². The summed E-state index contributed by atoms with van der Waals surface area (Å²) in [7, 11) is 0. The first-order valence-electron chi connectivity index (χ1n) is 6.69. The van der Waals surface area contributed by atoms with E-state index in [1.165, 1.54) is 18.4 Å². The number of fused-ring (bicyclic) bond motifs is 1. The third-order valence-electron chi connectivity index (χ3n) is 3.57. The van der Waals surface area contributed by atoms with Gasteiger partial charge in [-0.2, -0.15) is 0 Å². The summed E-state index contributed by atoms with van der Waals surface area (Å²) < 4.78 is 11.7. The van der Waals surface area contributed by atoms with Crippen molar-refractivity contribution in [3.63, 3.8) is 0 Å². The highest BCUT2D eigenvalue weighted by Crippen LogP contribution is 2.44. The molecule has 2 aliphatic carbocycles. The van der Waals surface area contributed by atoms with Crippen molar-refractivity contribution >= 4 is 0 Å². The van der Waals surface area contributed by atoms with Crippen LogP contribution in [0.1, 0.15) is 26.2 Å². The third kappa shape index (κ3) is 2.03. The highest BCUT2D eigenvalue weighted by molar-refractivity contribution is 5.41. The van der Waals surface area contributed by atoms with Gasteiger partial charge in [-0.05, 0) is 43.9 Å². The van der Waals surface area contributed by atoms with Crippen molar-refractivity contribution in [1.29, 1.82) is 0 Å². The number of hydrogen-bond acceptors (Lipinski definition) is 2. The van der Waals surface area contributed by atoms with Gasteiger partial charge in [0.2, 0.25) is 0 Å². The zero-order chi connectivity index (χ0) is 12.4. The van der Waals surface area contributed by atoms with Crippen molar-refractivity contribution in [2.45, 2.75) is 26.2 Å². The fourth-order valence-electron chi connectivity index (χ4n) is 2.80. The Morgan fingerprint density at radius 3 is 2.83 bits per heavy atom. The Morgan fingerprint density at radius 1 is 1.22 bits per heavy atom. The molecule has 0 aliphatic heterocycles. The number of para-hydroxylation sites is 1. The van der Waals surface area contributed by atoms with Crippen LogP contribution in [-0.4, -0.2) is 6.61 Å². The summed E-state index contributed by atoms with van der Waals surface area (Å²) in [6.45, 7) is 2.76. The Kier molecular flexibility index (Phi) is 3.09. The van der Waals surface area contributed by atoms with Crippen molar-refractivity contribution in [3.8, 4) is 5.75 Å². The van der Waals surface area contributed by atoms with Crippen molar-refractivity contribution in [2.75, 3.05) is 6.61 Å². The first-order valence-corrected chi connectivity index (χ1v) is 6.69. The largest absolute Gasteiger partial charge is 0.497 e. The number of allylic oxidation sites excluding steroid dienone is 2. The van der Waals surface area contributed by atoms with Gasteiger partial charge in [0.25, 0.3) is 0 Å². The zero-order valence-corrected chi connectivity index (χ0v) is 10.7. The predicted molar refractivity (Wildman–Crippen MR) is 71.1 cm³/mol. The molecule has 94 valence electrons. The number of ether oxygens (including phenoxy) is 2. The van der Waals surface area contributed by atoms with Gasteiger partial charge in [0, 0.05) is 12.0 Å². The van der Waals surface area contributed by atoms with E-state index in [1.807, 2.05) is 37.3 Å². The van der Waals surface area contributed by atoms with Crippen LogP contribution in [-0.2, 0) is 4.74 Å². The first-order chi connectivity index (χ1) is 8.88. The van der Waals surface area contributed by atoms with Gasteiger partial charge in [0.05, 0.1) is 6.61 Å². The van der Waals surface area contributed by atoms with Crippen LogP contribution in [0.5, 0.6) is 5.75 Å². The smallest absolute Gasteiger partial charge is 0.130 e. The van der Waals surface area contributed by atoms with Crippen LogP contribution in [0, 0.1) is 5.92 Å². The standard InChI is InChI=1S/C16H18O2/c1-2-17-15-11-16(14-10-6-9-13(14)15)18-12-7-4-3-5-8-12/h3-5,7-8,11,13H,2,6,9-10H2,1H3/t13-/m1/s1. The van der Waals surface area contributed by atoms with Gasteiger partial charge < -0.3 is 9.47 Å². The molecule has 0 heterocycles. The van der Waals surface area contributed by atoms with Crippen molar-refractivity contribution in [2.24, 2.45) is 5.92 Å². The summed E-state index contributed by atoms with van der Waals surface area (Å²) in [6.07, 6.45) is 5.66. The molecule has 1 atom stereocenters. The molecule has 2 nitrogen and oxygen atoms in total. The molecule has 0 spiro atoms. The van der Waals surface area contributed by atoms with Crippen LogP contribution in [0.3, 0.4) is 0 Å². The van der Waals surface area contributed by atoms with E-state index in [1.54, 1.807) is 0 Å². The molecule has 2 aliphatic rings. The summed E-state index contributed by atoms with van der Waals surface area (Å²) >= 11 is 0. The fourth-order valence-corrected chi connectivity index (χ4v) is 2.80. The summed E-state index contributed by atoms with van der Waals surface area (Å²) in [5, 5.41) is 0. The second kappa shape index (κ2) is 4.89. The van der Waals surface area contributed by atoms with E-state index < -0.39 is 0 Å². The lowest BCUT2D eigenvalue weighted by Gasteiger charge is -2.11. The van der Waals surface area contributed by atoms with Crippen LogP contribution in [0.25, 0.3) is 0 Å². The number of benzene rings is 1. The van der Waals surface area contributed by atoms with Crippen LogP contribution in [0.2, 0.25) is 0 Å². The van der Waals surface area contributed by atoms with Crippen molar-refractivity contribution in [3.05, 3.63) is 53.5 Å². The van der Waals surface area contributed by atoms with E-state index in [-0.39, 0.29) is 0 Å². The molecule has 0 amide bonds. The zero-order valence-electron chi connectivity index (χ0n) is 10.7. The molecule has 2 heteroatoms. The summed E-state index contributed by atoms with van der Waals surface area (Å²) in [5.74, 6) is 3.48. The van der Waals surface area contributed by atoms with Gasteiger partial charge in [-0.3, -0.25) is 0 Å². The SMILES string of the molecule is CCOC1=CC(Oc2ccccc2)=C2CCC[C@@H]12. The molecule has 1 saturated carbocycles. The van der Waals surface area contributed by atoms with E-state index in [9.17, 15) is 0 Å². The lowest BCUT2D eigenvalue weighted by atomic mass is 10.1. The Labute approximate surface area is 108 Å². The molecule has 1 aromatic rings. The molecule has 18 heavy (non-hydrogen) atoms. The molecule has 1 fully saturated rings. The van der Waals surface area contributed by atoms with E-state index in [4.69, 9.17) is 9.47 Å². The van der Waals surface area contributed by atoms with Crippen LogP contribution < -0.4 is 4.74 Å². The van der Waals surface area contributed by atoms with Crippen molar-refractivity contribution in [1.82, 2.24) is 0 Å². The lowest BCUT2D eigenvalue weighted by molar-refractivity contribution is 0.203. The first kappa shape index (κ1) is 11.4. The molecule has 0 saturated heterocycles. The van der Waals surface area contributed by atoms with E-state index >= 15 is 0 Å². The third-order valence-corrected chi connectivity index (χ3v) is 3.57. The Bertz CT molecular complexity index is 485. The highest BCUT2D eigenvalue weighted by Gasteiger charge is 2.34. The summed E-state index contributed by atoms with van der Waals surface area (Å²) in [4.78, 5) is 0. The molecular formula is C16H18O2. The molecule has 1 aromatic carbocycles. The maximum atomic E-state index is 5.99. The minimum atomic E-state index is 0.476. The summed E-state index contributed by atoms with van der Waals surface area (Å²) in [6, 6.07) is 9.97. The van der Waals surface area contributed by atoms with Gasteiger partial charge in [-0.25, -0.2) is 0 Å². The molecule has 0 aromatic heterocycles. The van der Waals surface area contributed by atoms with Crippen LogP contribution >= 0.6 is 0 Å². The highest BCUT2D eigenvalue weighted by atomic mass is 16.5. The van der Waals surface area contributed by atoms with Crippen LogP contribution in [0.15, 0.2) is 53.5 Å². The number of rotatable bonds is 4. The lowest BCUT2D eigenvalue weighted by Crippen LogP contribution is -2.01. The second-order valence-corrected chi connectivity index (χ2v) is 4.73. The predicted octanol–water partition coefficient (Wildman–Crippen LogP) is 4.05. The average Bonchev–Trinajstić information content (AvgIpc) is 2.97. The molecule has 0 radical (unpaired) electrons. The molecule has 3 rings (SSSR count). The minimum Gasteiger partial charge on any atom is -0.497 e. The quantitative estimate of drug-likeness (QED) is 0.793. The Hall–Kier alpha value is -1.70. The topological polar surface area (TPSA) is 18.5 Å². The Morgan fingerprint density at radius 2 is 2.06 bits per heavy atom. The van der Waals surface area contributed by atoms with Gasteiger partial charge >= 0.3 is 0 Å². The van der Waals surface area contributed by atoms with Gasteiger partial charge in [-0.1, -0.05) is 18.2 Å². The Balaban J connectivity index is 1.84. The van der Waals surface area contributed by atoms with Gasteiger partial charge in [-0.15, -0.1) is 0 Å². The van der Waals surface area contributed by atoms with E-state index in [2.05, 4.69) is 6.08 Å². The average molecular weight is 242 g/mol. The maximum Gasteiger partial charge on any atom is 0.130 e. The molecule has 0 N–H and O–H groups in total. The van der Waals surface area contributed by atoms with Crippen molar-refractivity contribution < 1.29 is 9.47 Å². The normalized spacial score (nSPS) is 21.8. The molecule has 0 unspecified atom stereocenters. The van der Waals surface area contributed by atoms with E-state index in [0.717, 1.165) is 30.3 Å². The minimum absolute atomic E-state index is 0.476. The molecular weight excluding hydrogens is 224 g/mol. The van der Waals surface area contributed by atoms with Crippen LogP contribution in [0.4, 0.5) is 0 Å². The fraction of sp³-hybridized carbons (Fsp3) is 0.375. The monoisotopic (exact) mass is 242 g/mol. The summed E-state index contributed by atoms with van der Waals surface area (Å²) in [5.41, 5.74) is 1.42. The molecule has 0 bridgehead atoms. The maximum absolute atomic E-state index is 5.99. The number of hydrogen-bond donors (Lipinski definition) is 0. The van der Waals surface area contributed by atoms with Gasteiger partial charge in [0.15, 0.2) is 0 Å². The second-order valence-electron chi connectivity index (χ2n) is 4.73. The van der Waals surface area contributed by atoms with Gasteiger partial charge in [0.1, 0.15) is 17.3 Å².